The van der Waals surface area contributed by atoms with Crippen molar-refractivity contribution < 1.29 is 9.53 Å². The van der Waals surface area contributed by atoms with Gasteiger partial charge in [0.1, 0.15) is 5.60 Å². The van der Waals surface area contributed by atoms with E-state index in [1.807, 2.05) is 74.5 Å². The van der Waals surface area contributed by atoms with Crippen LogP contribution >= 0.6 is 0 Å². The number of benzene rings is 2. The van der Waals surface area contributed by atoms with E-state index in [1.54, 1.807) is 6.08 Å². The Kier molecular flexibility index (Phi) is 4.94. The van der Waals surface area contributed by atoms with Crippen LogP contribution in [0.25, 0.3) is 6.08 Å². The highest BCUT2D eigenvalue weighted by atomic mass is 16.6. The third kappa shape index (κ3) is 5.27. The maximum absolute atomic E-state index is 11.9. The Balaban J connectivity index is 1.93. The number of ether oxygens (including phenoxy) is 1. The first kappa shape index (κ1) is 15.0. The molecule has 0 heterocycles. The molecule has 0 atom stereocenters. The molecular weight excluding hydrogens is 260 g/mol. The molecule has 0 saturated heterocycles. The predicted octanol–water partition coefficient (Wildman–Crippen LogP) is 4.26. The fourth-order valence-electron chi connectivity index (χ4n) is 2.16. The summed E-state index contributed by atoms with van der Waals surface area (Å²) in [6.45, 7) is 3.85. The summed E-state index contributed by atoms with van der Waals surface area (Å²) in [7, 11) is 0. The molecule has 0 N–H and O–H groups in total. The van der Waals surface area contributed by atoms with Gasteiger partial charge in [-0.3, -0.25) is 0 Å². The van der Waals surface area contributed by atoms with Gasteiger partial charge in [-0.1, -0.05) is 60.7 Å². The number of hydrogen-bond donors (Lipinski definition) is 0. The lowest BCUT2D eigenvalue weighted by Gasteiger charge is -2.24. The summed E-state index contributed by atoms with van der Waals surface area (Å²) in [5, 5.41) is 0. The van der Waals surface area contributed by atoms with Gasteiger partial charge < -0.3 is 4.74 Å². The largest absolute Gasteiger partial charge is 0.456 e. The van der Waals surface area contributed by atoms with E-state index in [0.717, 1.165) is 11.1 Å². The summed E-state index contributed by atoms with van der Waals surface area (Å²) >= 11 is 0. The van der Waals surface area contributed by atoms with Crippen LogP contribution in [0.5, 0.6) is 0 Å². The average molecular weight is 280 g/mol. The van der Waals surface area contributed by atoms with Crippen LogP contribution in [0.15, 0.2) is 66.7 Å². The van der Waals surface area contributed by atoms with Crippen LogP contribution in [0.1, 0.15) is 25.0 Å². The van der Waals surface area contributed by atoms with Gasteiger partial charge in [0, 0.05) is 12.5 Å². The van der Waals surface area contributed by atoms with Gasteiger partial charge in [0.05, 0.1) is 0 Å². The van der Waals surface area contributed by atoms with Crippen LogP contribution < -0.4 is 0 Å². The molecule has 0 fully saturated rings. The second-order valence-corrected chi connectivity index (χ2v) is 5.59. The molecule has 0 saturated carbocycles. The van der Waals surface area contributed by atoms with Gasteiger partial charge in [0.15, 0.2) is 0 Å². The Morgan fingerprint density at radius 3 is 2.19 bits per heavy atom. The fourth-order valence-corrected chi connectivity index (χ4v) is 2.16. The van der Waals surface area contributed by atoms with E-state index < -0.39 is 5.60 Å². The minimum Gasteiger partial charge on any atom is -0.456 e. The van der Waals surface area contributed by atoms with Crippen LogP contribution in [-0.2, 0) is 16.0 Å². The Morgan fingerprint density at radius 1 is 1.00 bits per heavy atom. The van der Waals surface area contributed by atoms with Crippen LogP contribution in [0, 0.1) is 0 Å². The Hall–Kier alpha value is -2.35. The average Bonchev–Trinajstić information content (AvgIpc) is 2.46. The summed E-state index contributed by atoms with van der Waals surface area (Å²) < 4.78 is 5.54. The van der Waals surface area contributed by atoms with E-state index in [1.165, 1.54) is 6.08 Å². The fraction of sp³-hybridized carbons (Fsp3) is 0.211. The van der Waals surface area contributed by atoms with Crippen LogP contribution in [0.3, 0.4) is 0 Å². The standard InChI is InChI=1S/C19H20O2/c1-19(2,15-17-11-7-4-8-12-17)21-18(20)14-13-16-9-5-3-6-10-16/h3-14H,15H2,1-2H3/b14-13+. The molecule has 2 nitrogen and oxygen atoms in total. The molecule has 0 aromatic heterocycles. The lowest BCUT2D eigenvalue weighted by molar-refractivity contribution is -0.149. The Labute approximate surface area is 126 Å². The van der Waals surface area contributed by atoms with E-state index >= 15 is 0 Å². The van der Waals surface area contributed by atoms with Gasteiger partial charge in [0.25, 0.3) is 0 Å². The highest BCUT2D eigenvalue weighted by molar-refractivity contribution is 5.87. The second kappa shape index (κ2) is 6.89. The summed E-state index contributed by atoms with van der Waals surface area (Å²) in [6.07, 6.45) is 3.93. The van der Waals surface area contributed by atoms with Gasteiger partial charge in [0.2, 0.25) is 0 Å². The molecule has 2 rings (SSSR count). The minimum absolute atomic E-state index is 0.320. The molecule has 0 aliphatic carbocycles. The van der Waals surface area contributed by atoms with Crippen molar-refractivity contribution in [1.29, 1.82) is 0 Å². The molecule has 0 bridgehead atoms. The highest BCUT2D eigenvalue weighted by Gasteiger charge is 2.22. The summed E-state index contributed by atoms with van der Waals surface area (Å²) in [6, 6.07) is 19.7. The first-order chi connectivity index (χ1) is 10.1. The SMILES string of the molecule is CC(C)(Cc1ccccc1)OC(=O)/C=C/c1ccccc1. The third-order valence-electron chi connectivity index (χ3n) is 3.06. The van der Waals surface area contributed by atoms with Crippen molar-refractivity contribution in [2.45, 2.75) is 25.9 Å². The lowest BCUT2D eigenvalue weighted by Crippen LogP contribution is -2.29. The van der Waals surface area contributed by atoms with Gasteiger partial charge in [-0.2, -0.15) is 0 Å². The third-order valence-corrected chi connectivity index (χ3v) is 3.06. The first-order valence-electron chi connectivity index (χ1n) is 7.05. The second-order valence-electron chi connectivity index (χ2n) is 5.59. The lowest BCUT2D eigenvalue weighted by atomic mass is 9.98. The molecule has 0 radical (unpaired) electrons. The van der Waals surface area contributed by atoms with E-state index in [-0.39, 0.29) is 5.97 Å². The van der Waals surface area contributed by atoms with Crippen LogP contribution in [-0.4, -0.2) is 11.6 Å². The number of carbonyl (C=O) groups is 1. The Morgan fingerprint density at radius 2 is 1.57 bits per heavy atom. The van der Waals surface area contributed by atoms with Crippen molar-refractivity contribution in [3.63, 3.8) is 0 Å². The van der Waals surface area contributed by atoms with Gasteiger partial charge in [-0.25, -0.2) is 4.79 Å². The van der Waals surface area contributed by atoms with E-state index in [9.17, 15) is 4.79 Å². The predicted molar refractivity (Wildman–Crippen MR) is 85.8 cm³/mol. The van der Waals surface area contributed by atoms with Crippen molar-refractivity contribution in [2.24, 2.45) is 0 Å². The van der Waals surface area contributed by atoms with Crippen molar-refractivity contribution in [3.8, 4) is 0 Å². The molecule has 2 aromatic rings. The smallest absolute Gasteiger partial charge is 0.331 e. The minimum atomic E-state index is -0.528. The molecule has 0 unspecified atom stereocenters. The van der Waals surface area contributed by atoms with Crippen molar-refractivity contribution in [2.75, 3.05) is 0 Å². The van der Waals surface area contributed by atoms with Crippen LogP contribution in [0.2, 0.25) is 0 Å². The number of carbonyl (C=O) groups excluding carboxylic acids is 1. The maximum atomic E-state index is 11.9. The molecule has 0 aliphatic rings. The summed E-state index contributed by atoms with van der Waals surface area (Å²) in [5.74, 6) is -0.320. The van der Waals surface area contributed by atoms with E-state index in [0.29, 0.717) is 6.42 Å². The molecular formula is C19H20O2. The molecule has 21 heavy (non-hydrogen) atoms. The molecule has 2 heteroatoms. The van der Waals surface area contributed by atoms with E-state index in [4.69, 9.17) is 4.74 Å². The zero-order valence-corrected chi connectivity index (χ0v) is 12.5. The monoisotopic (exact) mass is 280 g/mol. The molecule has 0 amide bonds. The highest BCUT2D eigenvalue weighted by Crippen LogP contribution is 2.17. The molecule has 2 aromatic carbocycles. The van der Waals surface area contributed by atoms with Crippen LogP contribution in [0.4, 0.5) is 0 Å². The molecule has 0 spiro atoms. The first-order valence-corrected chi connectivity index (χ1v) is 7.05. The van der Waals surface area contributed by atoms with Crippen molar-refractivity contribution >= 4 is 12.0 Å². The van der Waals surface area contributed by atoms with Gasteiger partial charge in [-0.15, -0.1) is 0 Å². The van der Waals surface area contributed by atoms with Crippen molar-refractivity contribution in [1.82, 2.24) is 0 Å². The summed E-state index contributed by atoms with van der Waals surface area (Å²) in [5.41, 5.74) is 1.61. The topological polar surface area (TPSA) is 26.3 Å². The number of hydrogen-bond acceptors (Lipinski definition) is 2. The zero-order valence-electron chi connectivity index (χ0n) is 12.5. The van der Waals surface area contributed by atoms with E-state index in [2.05, 4.69) is 0 Å². The van der Waals surface area contributed by atoms with Gasteiger partial charge in [-0.05, 0) is 31.1 Å². The summed E-state index contributed by atoms with van der Waals surface area (Å²) in [4.78, 5) is 11.9. The molecule has 108 valence electrons. The molecule has 0 aliphatic heterocycles. The normalized spacial score (nSPS) is 11.5. The van der Waals surface area contributed by atoms with Gasteiger partial charge >= 0.3 is 5.97 Å². The number of rotatable bonds is 5. The Bertz CT molecular complexity index is 598. The number of esters is 1. The quantitative estimate of drug-likeness (QED) is 0.604. The van der Waals surface area contributed by atoms with Crippen molar-refractivity contribution in [3.05, 3.63) is 77.9 Å². The maximum Gasteiger partial charge on any atom is 0.331 e. The zero-order chi connectivity index (χ0) is 15.1.